The molecule has 2 saturated heterocycles. The number of benzene rings is 2. The summed E-state index contributed by atoms with van der Waals surface area (Å²) in [6, 6.07) is 10.4. The van der Waals surface area contributed by atoms with Gasteiger partial charge in [0, 0.05) is 16.6 Å². The standard InChI is InChI=1S/C23H20ClNO7S/c1-32-23(29)15-4-2-13(3-5-15)19-18(20(26)14-6-8-16(24)9-7-14)21(27)22(28)25(19)17-10-11-33(30,31)12-17/h2-9,17,19,26H,10-12H2,1H3/b20-18+/t17-,19+/m0/s1. The van der Waals surface area contributed by atoms with E-state index in [0.717, 1.165) is 0 Å². The van der Waals surface area contributed by atoms with E-state index in [1.54, 1.807) is 12.1 Å². The Balaban J connectivity index is 1.86. The summed E-state index contributed by atoms with van der Waals surface area (Å²) in [6.45, 7) is 0. The van der Waals surface area contributed by atoms with E-state index in [2.05, 4.69) is 0 Å². The van der Waals surface area contributed by atoms with Crippen LogP contribution in [0.1, 0.15) is 33.9 Å². The van der Waals surface area contributed by atoms with Crippen molar-refractivity contribution in [2.24, 2.45) is 0 Å². The highest BCUT2D eigenvalue weighted by atomic mass is 35.5. The number of halogens is 1. The van der Waals surface area contributed by atoms with E-state index in [-0.39, 0.29) is 34.6 Å². The lowest BCUT2D eigenvalue weighted by atomic mass is 9.94. The van der Waals surface area contributed by atoms with Gasteiger partial charge in [-0.05, 0) is 48.4 Å². The van der Waals surface area contributed by atoms with Crippen LogP contribution in [-0.2, 0) is 24.2 Å². The van der Waals surface area contributed by atoms with E-state index in [9.17, 15) is 27.9 Å². The minimum Gasteiger partial charge on any atom is -0.507 e. The SMILES string of the molecule is COC(=O)c1ccc([C@@H]2/C(=C(\O)c3ccc(Cl)cc3)C(=O)C(=O)N2[C@H]2CCS(=O)(=O)C2)cc1. The van der Waals surface area contributed by atoms with Crippen LogP contribution in [0.2, 0.25) is 5.02 Å². The third-order valence-electron chi connectivity index (χ3n) is 5.85. The van der Waals surface area contributed by atoms with Crippen molar-refractivity contribution in [1.82, 2.24) is 4.90 Å². The molecule has 10 heteroatoms. The molecule has 2 aromatic carbocycles. The molecule has 8 nitrogen and oxygen atoms in total. The predicted octanol–water partition coefficient (Wildman–Crippen LogP) is 2.74. The molecule has 1 N–H and O–H groups in total. The number of rotatable bonds is 4. The molecular formula is C23H20ClNO7S. The van der Waals surface area contributed by atoms with Crippen molar-refractivity contribution in [2.45, 2.75) is 18.5 Å². The number of amides is 1. The van der Waals surface area contributed by atoms with Crippen LogP contribution in [0.25, 0.3) is 5.76 Å². The van der Waals surface area contributed by atoms with Gasteiger partial charge in [-0.3, -0.25) is 9.59 Å². The van der Waals surface area contributed by atoms with Crippen LogP contribution >= 0.6 is 11.6 Å². The molecule has 0 unspecified atom stereocenters. The number of carbonyl (C=O) groups excluding carboxylic acids is 3. The molecule has 172 valence electrons. The van der Waals surface area contributed by atoms with Crippen molar-refractivity contribution in [1.29, 1.82) is 0 Å². The Morgan fingerprint density at radius 3 is 2.21 bits per heavy atom. The fourth-order valence-corrected chi connectivity index (χ4v) is 6.07. The van der Waals surface area contributed by atoms with E-state index < -0.39 is 45.3 Å². The van der Waals surface area contributed by atoms with E-state index in [1.807, 2.05) is 0 Å². The van der Waals surface area contributed by atoms with E-state index in [0.29, 0.717) is 10.6 Å². The monoisotopic (exact) mass is 489 g/mol. The van der Waals surface area contributed by atoms with E-state index in [4.69, 9.17) is 16.3 Å². The maximum Gasteiger partial charge on any atom is 0.337 e. The molecule has 2 atom stereocenters. The van der Waals surface area contributed by atoms with Crippen molar-refractivity contribution in [3.63, 3.8) is 0 Å². The number of esters is 1. The molecule has 0 aromatic heterocycles. The highest BCUT2D eigenvalue weighted by Gasteiger charge is 2.50. The number of hydrogen-bond acceptors (Lipinski definition) is 7. The van der Waals surface area contributed by atoms with Gasteiger partial charge in [0.2, 0.25) is 0 Å². The van der Waals surface area contributed by atoms with Crippen LogP contribution in [0.3, 0.4) is 0 Å². The van der Waals surface area contributed by atoms with Crippen LogP contribution < -0.4 is 0 Å². The molecule has 0 saturated carbocycles. The zero-order valence-electron chi connectivity index (χ0n) is 17.5. The summed E-state index contributed by atoms with van der Waals surface area (Å²) in [5, 5.41) is 11.4. The number of ether oxygens (including phenoxy) is 1. The lowest BCUT2D eigenvalue weighted by Gasteiger charge is -2.30. The van der Waals surface area contributed by atoms with Gasteiger partial charge in [0.25, 0.3) is 11.7 Å². The summed E-state index contributed by atoms with van der Waals surface area (Å²) in [5.74, 6) is -3.10. The Hall–Kier alpha value is -3.17. The van der Waals surface area contributed by atoms with Gasteiger partial charge in [-0.2, -0.15) is 0 Å². The number of Topliss-reactive ketones (excluding diaryl/α,β-unsaturated/α-hetero) is 1. The number of methoxy groups -OCH3 is 1. The summed E-state index contributed by atoms with van der Waals surface area (Å²) < 4.78 is 28.9. The van der Waals surface area contributed by atoms with Crippen LogP contribution in [0.4, 0.5) is 0 Å². The Labute approximate surface area is 195 Å². The van der Waals surface area contributed by atoms with Crippen molar-refractivity contribution >= 4 is 44.9 Å². The fraction of sp³-hybridized carbons (Fsp3) is 0.261. The van der Waals surface area contributed by atoms with Crippen LogP contribution in [0.5, 0.6) is 0 Å². The van der Waals surface area contributed by atoms with Gasteiger partial charge in [-0.1, -0.05) is 23.7 Å². The maximum absolute atomic E-state index is 13.1. The molecule has 4 rings (SSSR count). The average Bonchev–Trinajstić information content (AvgIpc) is 3.29. The largest absolute Gasteiger partial charge is 0.507 e. The first-order valence-electron chi connectivity index (χ1n) is 10.1. The highest BCUT2D eigenvalue weighted by Crippen LogP contribution is 2.42. The number of sulfone groups is 1. The Bertz CT molecular complexity index is 1270. The molecule has 2 aromatic rings. The summed E-state index contributed by atoms with van der Waals surface area (Å²) >= 11 is 5.92. The fourth-order valence-electron chi connectivity index (χ4n) is 4.23. The topological polar surface area (TPSA) is 118 Å². The van der Waals surface area contributed by atoms with Gasteiger partial charge in [0.1, 0.15) is 5.76 Å². The number of likely N-dealkylation sites (tertiary alicyclic amines) is 1. The second kappa shape index (κ2) is 8.64. The Morgan fingerprint density at radius 1 is 1.06 bits per heavy atom. The molecular weight excluding hydrogens is 470 g/mol. The van der Waals surface area contributed by atoms with Crippen molar-refractivity contribution in [3.8, 4) is 0 Å². The second-order valence-corrected chi connectivity index (χ2v) is 10.5. The lowest BCUT2D eigenvalue weighted by Crippen LogP contribution is -2.40. The molecule has 0 aliphatic carbocycles. The number of ketones is 1. The number of carbonyl (C=O) groups is 3. The molecule has 2 aliphatic heterocycles. The summed E-state index contributed by atoms with van der Waals surface area (Å²) in [5.41, 5.74) is 0.839. The molecule has 33 heavy (non-hydrogen) atoms. The first kappa shape index (κ1) is 23.0. The minimum absolute atomic E-state index is 0.0914. The molecule has 2 heterocycles. The van der Waals surface area contributed by atoms with Crippen LogP contribution in [0, 0.1) is 0 Å². The zero-order valence-corrected chi connectivity index (χ0v) is 19.1. The van der Waals surface area contributed by atoms with E-state index >= 15 is 0 Å². The first-order valence-corrected chi connectivity index (χ1v) is 12.3. The van der Waals surface area contributed by atoms with Gasteiger partial charge >= 0.3 is 5.97 Å². The first-order chi connectivity index (χ1) is 15.6. The molecule has 0 radical (unpaired) electrons. The molecule has 2 aliphatic rings. The maximum atomic E-state index is 13.1. The van der Waals surface area contributed by atoms with Crippen molar-refractivity contribution in [2.75, 3.05) is 18.6 Å². The van der Waals surface area contributed by atoms with Gasteiger partial charge in [0.05, 0.1) is 35.8 Å². The summed E-state index contributed by atoms with van der Waals surface area (Å²) in [4.78, 5) is 39.2. The third-order valence-corrected chi connectivity index (χ3v) is 7.85. The normalized spacial score (nSPS) is 23.6. The minimum atomic E-state index is -3.36. The summed E-state index contributed by atoms with van der Waals surface area (Å²) in [6.07, 6.45) is 0.188. The van der Waals surface area contributed by atoms with Crippen LogP contribution in [0.15, 0.2) is 54.1 Å². The lowest BCUT2D eigenvalue weighted by molar-refractivity contribution is -0.141. The Morgan fingerprint density at radius 2 is 1.67 bits per heavy atom. The van der Waals surface area contributed by atoms with Gasteiger partial charge < -0.3 is 14.7 Å². The summed E-state index contributed by atoms with van der Waals surface area (Å²) in [7, 11) is -2.11. The van der Waals surface area contributed by atoms with Gasteiger partial charge in [-0.15, -0.1) is 0 Å². The van der Waals surface area contributed by atoms with Gasteiger partial charge in [0.15, 0.2) is 9.84 Å². The number of nitrogens with zero attached hydrogens (tertiary/aromatic N) is 1. The van der Waals surface area contributed by atoms with Crippen molar-refractivity contribution in [3.05, 3.63) is 75.8 Å². The van der Waals surface area contributed by atoms with E-state index in [1.165, 1.54) is 48.4 Å². The quantitative estimate of drug-likeness (QED) is 0.303. The Kier molecular flexibility index (Phi) is 6.02. The highest BCUT2D eigenvalue weighted by molar-refractivity contribution is 7.91. The molecule has 1 amide bonds. The number of aliphatic hydroxyl groups excluding tert-OH is 1. The molecule has 0 bridgehead atoms. The zero-order chi connectivity index (χ0) is 23.9. The number of aliphatic hydroxyl groups is 1. The molecule has 0 spiro atoms. The number of hydrogen-bond donors (Lipinski definition) is 1. The third kappa shape index (κ3) is 4.26. The smallest absolute Gasteiger partial charge is 0.337 e. The van der Waals surface area contributed by atoms with Gasteiger partial charge in [-0.25, -0.2) is 13.2 Å². The van der Waals surface area contributed by atoms with Crippen molar-refractivity contribution < 1.29 is 32.6 Å². The molecule has 2 fully saturated rings. The predicted molar refractivity (Wildman–Crippen MR) is 120 cm³/mol. The average molecular weight is 490 g/mol. The second-order valence-electron chi connectivity index (χ2n) is 7.88. The van der Waals surface area contributed by atoms with Crippen LogP contribution in [-0.4, -0.2) is 60.7 Å².